The quantitative estimate of drug-likeness (QED) is 0.745. The lowest BCUT2D eigenvalue weighted by Crippen LogP contribution is -2.41. The van der Waals surface area contributed by atoms with E-state index in [1.165, 1.54) is 6.92 Å². The number of nitrogens with one attached hydrogen (secondary N) is 2. The highest BCUT2D eigenvalue weighted by atomic mass is 16.4. The number of hydrogen-bond donors (Lipinski definition) is 3. The Hall–Kier alpha value is -2.37. The number of amides is 2. The van der Waals surface area contributed by atoms with Crippen LogP contribution in [-0.2, 0) is 4.79 Å². The summed E-state index contributed by atoms with van der Waals surface area (Å²) in [5, 5.41) is 14.5. The molecule has 0 spiro atoms. The molecule has 6 heteroatoms. The summed E-state index contributed by atoms with van der Waals surface area (Å²) in [4.78, 5) is 34.1. The first-order valence-electron chi connectivity index (χ1n) is 7.37. The van der Waals surface area contributed by atoms with Crippen LogP contribution in [0.15, 0.2) is 24.3 Å². The van der Waals surface area contributed by atoms with E-state index in [9.17, 15) is 14.4 Å². The number of urea groups is 1. The Bertz CT molecular complexity index is 577. The first-order chi connectivity index (χ1) is 10.5. The fraction of sp³-hybridized carbons (Fsp3) is 0.438. The molecule has 1 aliphatic carbocycles. The molecule has 1 fully saturated rings. The van der Waals surface area contributed by atoms with Crippen LogP contribution in [0.5, 0.6) is 0 Å². The van der Waals surface area contributed by atoms with Crippen LogP contribution in [0.2, 0.25) is 0 Å². The molecule has 118 valence electrons. The Morgan fingerprint density at radius 2 is 1.82 bits per heavy atom. The Morgan fingerprint density at radius 1 is 1.14 bits per heavy atom. The second-order valence-corrected chi connectivity index (χ2v) is 5.62. The lowest BCUT2D eigenvalue weighted by Gasteiger charge is -2.26. The van der Waals surface area contributed by atoms with Gasteiger partial charge in [0.2, 0.25) is 0 Å². The van der Waals surface area contributed by atoms with E-state index in [1.807, 2.05) is 0 Å². The zero-order chi connectivity index (χ0) is 16.1. The van der Waals surface area contributed by atoms with Crippen molar-refractivity contribution < 1.29 is 19.5 Å². The van der Waals surface area contributed by atoms with Gasteiger partial charge in [0.05, 0.1) is 5.92 Å². The van der Waals surface area contributed by atoms with E-state index < -0.39 is 5.97 Å². The molecule has 1 saturated carbocycles. The van der Waals surface area contributed by atoms with Gasteiger partial charge in [0, 0.05) is 17.3 Å². The number of carbonyl (C=O) groups excluding carboxylic acids is 2. The van der Waals surface area contributed by atoms with Crippen LogP contribution in [-0.4, -0.2) is 28.9 Å². The normalized spacial score (nSPS) is 21.0. The number of carboxylic acids is 1. The first kappa shape index (κ1) is 16.0. The minimum absolute atomic E-state index is 0.00779. The summed E-state index contributed by atoms with van der Waals surface area (Å²) in [5.74, 6) is -1.12. The fourth-order valence-corrected chi connectivity index (χ4v) is 2.65. The van der Waals surface area contributed by atoms with Crippen LogP contribution in [0.25, 0.3) is 0 Å². The highest BCUT2D eigenvalue weighted by Gasteiger charge is 2.26. The van der Waals surface area contributed by atoms with Gasteiger partial charge in [-0.2, -0.15) is 0 Å². The lowest BCUT2D eigenvalue weighted by atomic mass is 9.86. The maximum absolute atomic E-state index is 12.0. The van der Waals surface area contributed by atoms with Crippen molar-refractivity contribution in [2.75, 3.05) is 5.32 Å². The number of ketones is 1. The molecule has 2 rings (SSSR count). The van der Waals surface area contributed by atoms with Gasteiger partial charge in [0.15, 0.2) is 5.78 Å². The second-order valence-electron chi connectivity index (χ2n) is 5.62. The molecule has 3 N–H and O–H groups in total. The van der Waals surface area contributed by atoms with Gasteiger partial charge in [-0.05, 0) is 44.7 Å². The Kier molecular flexibility index (Phi) is 5.14. The van der Waals surface area contributed by atoms with Gasteiger partial charge in [-0.3, -0.25) is 9.59 Å². The molecule has 2 amide bonds. The largest absolute Gasteiger partial charge is 0.481 e. The van der Waals surface area contributed by atoms with Crippen LogP contribution < -0.4 is 10.6 Å². The maximum Gasteiger partial charge on any atom is 0.319 e. The van der Waals surface area contributed by atoms with E-state index in [4.69, 9.17) is 5.11 Å². The highest BCUT2D eigenvalue weighted by molar-refractivity contribution is 5.96. The van der Waals surface area contributed by atoms with Crippen LogP contribution in [0.4, 0.5) is 10.5 Å². The van der Waals surface area contributed by atoms with Gasteiger partial charge in [-0.15, -0.1) is 0 Å². The minimum Gasteiger partial charge on any atom is -0.481 e. The zero-order valence-electron chi connectivity index (χ0n) is 12.5. The molecule has 1 aromatic rings. The number of hydrogen-bond acceptors (Lipinski definition) is 3. The zero-order valence-corrected chi connectivity index (χ0v) is 12.5. The molecule has 1 aliphatic rings. The highest BCUT2D eigenvalue weighted by Crippen LogP contribution is 2.24. The molecule has 0 aliphatic heterocycles. The topological polar surface area (TPSA) is 95.5 Å². The maximum atomic E-state index is 12.0. The number of carboxylic acid groups (broad SMARTS) is 1. The predicted molar refractivity (Wildman–Crippen MR) is 82.0 cm³/mol. The van der Waals surface area contributed by atoms with Gasteiger partial charge in [0.1, 0.15) is 0 Å². The molecule has 1 aromatic carbocycles. The summed E-state index contributed by atoms with van der Waals surface area (Å²) in [6, 6.07) is 6.41. The molecule has 0 heterocycles. The standard InChI is InChI=1S/C16H20N2O4/c1-10(19)12-3-2-4-14(9-12)18-16(22)17-13-7-5-11(6-8-13)15(20)21/h2-4,9,11,13H,5-8H2,1H3,(H,20,21)(H2,17,18,22). The Morgan fingerprint density at radius 3 is 2.41 bits per heavy atom. The van der Waals surface area contributed by atoms with Crippen molar-refractivity contribution in [1.29, 1.82) is 0 Å². The summed E-state index contributed by atoms with van der Waals surface area (Å²) < 4.78 is 0. The summed E-state index contributed by atoms with van der Waals surface area (Å²) in [5.41, 5.74) is 1.10. The summed E-state index contributed by atoms with van der Waals surface area (Å²) in [6.07, 6.45) is 2.50. The summed E-state index contributed by atoms with van der Waals surface area (Å²) in [7, 11) is 0. The number of aliphatic carboxylic acids is 1. The molecule has 6 nitrogen and oxygen atoms in total. The van der Waals surface area contributed by atoms with Crippen LogP contribution in [0, 0.1) is 5.92 Å². The molecule has 0 unspecified atom stereocenters. The van der Waals surface area contributed by atoms with Crippen LogP contribution in [0.3, 0.4) is 0 Å². The Balaban J connectivity index is 1.85. The number of Topliss-reactive ketones (excluding diaryl/α,β-unsaturated/α-hetero) is 1. The molecule has 0 bridgehead atoms. The molecule has 22 heavy (non-hydrogen) atoms. The lowest BCUT2D eigenvalue weighted by molar-refractivity contribution is -0.142. The van der Waals surface area contributed by atoms with E-state index in [-0.39, 0.29) is 23.8 Å². The van der Waals surface area contributed by atoms with Crippen molar-refractivity contribution in [2.45, 2.75) is 38.6 Å². The van der Waals surface area contributed by atoms with E-state index in [1.54, 1.807) is 24.3 Å². The molecule has 0 atom stereocenters. The van der Waals surface area contributed by atoms with Crippen molar-refractivity contribution in [3.8, 4) is 0 Å². The molecular formula is C16H20N2O4. The third kappa shape index (κ3) is 4.31. The number of benzene rings is 1. The third-order valence-electron chi connectivity index (χ3n) is 3.94. The van der Waals surface area contributed by atoms with Crippen LogP contribution >= 0.6 is 0 Å². The van der Waals surface area contributed by atoms with Gasteiger partial charge in [-0.1, -0.05) is 12.1 Å². The third-order valence-corrected chi connectivity index (χ3v) is 3.94. The van der Waals surface area contributed by atoms with Crippen molar-refractivity contribution in [2.24, 2.45) is 5.92 Å². The van der Waals surface area contributed by atoms with Crippen LogP contribution in [0.1, 0.15) is 43.0 Å². The van der Waals surface area contributed by atoms with E-state index in [0.717, 1.165) is 0 Å². The number of rotatable bonds is 4. The van der Waals surface area contributed by atoms with E-state index in [0.29, 0.717) is 36.9 Å². The molecule has 0 saturated heterocycles. The molecule has 0 radical (unpaired) electrons. The average Bonchev–Trinajstić information content (AvgIpc) is 2.47. The van der Waals surface area contributed by atoms with Crippen molar-refractivity contribution in [3.63, 3.8) is 0 Å². The monoisotopic (exact) mass is 304 g/mol. The summed E-state index contributed by atoms with van der Waals surface area (Å²) in [6.45, 7) is 1.47. The number of anilines is 1. The van der Waals surface area contributed by atoms with E-state index >= 15 is 0 Å². The number of carbonyl (C=O) groups is 3. The van der Waals surface area contributed by atoms with Crippen molar-refractivity contribution in [1.82, 2.24) is 5.32 Å². The summed E-state index contributed by atoms with van der Waals surface area (Å²) >= 11 is 0. The van der Waals surface area contributed by atoms with Crippen molar-refractivity contribution in [3.05, 3.63) is 29.8 Å². The van der Waals surface area contributed by atoms with Gasteiger partial charge in [-0.25, -0.2) is 4.79 Å². The Labute approximate surface area is 128 Å². The average molecular weight is 304 g/mol. The van der Waals surface area contributed by atoms with Gasteiger partial charge < -0.3 is 15.7 Å². The fourth-order valence-electron chi connectivity index (χ4n) is 2.65. The SMILES string of the molecule is CC(=O)c1cccc(NC(=O)NC2CCC(C(=O)O)CC2)c1. The van der Waals surface area contributed by atoms with Gasteiger partial charge in [0.25, 0.3) is 0 Å². The van der Waals surface area contributed by atoms with E-state index in [2.05, 4.69) is 10.6 Å². The smallest absolute Gasteiger partial charge is 0.319 e. The first-order valence-corrected chi connectivity index (χ1v) is 7.37. The predicted octanol–water partition coefficient (Wildman–Crippen LogP) is 2.65. The second kappa shape index (κ2) is 7.06. The van der Waals surface area contributed by atoms with Gasteiger partial charge >= 0.3 is 12.0 Å². The van der Waals surface area contributed by atoms with Crippen molar-refractivity contribution >= 4 is 23.5 Å². The molecule has 0 aromatic heterocycles. The minimum atomic E-state index is -0.760. The molecular weight excluding hydrogens is 284 g/mol.